The van der Waals surface area contributed by atoms with Gasteiger partial charge in [-0.25, -0.2) is 0 Å². The molecule has 0 bridgehead atoms. The number of nitrogens with zero attached hydrogens (tertiary/aromatic N) is 2. The van der Waals surface area contributed by atoms with Crippen LogP contribution in [0.15, 0.2) is 47.5 Å². The molecule has 2 heterocycles. The number of amides is 1. The van der Waals surface area contributed by atoms with Gasteiger partial charge in [-0.05, 0) is 71.5 Å². The number of thiocarbonyl (C=S) groups is 1. The maximum atomic E-state index is 12.6. The van der Waals surface area contributed by atoms with Gasteiger partial charge in [0.15, 0.2) is 0 Å². The van der Waals surface area contributed by atoms with Crippen molar-refractivity contribution in [3.8, 4) is 5.69 Å². The number of carbonyl (C=O) groups is 2. The van der Waals surface area contributed by atoms with Crippen LogP contribution in [0.3, 0.4) is 0 Å². The molecule has 0 radical (unpaired) electrons. The van der Waals surface area contributed by atoms with E-state index in [4.69, 9.17) is 17.3 Å². The molecule has 134 valence electrons. The van der Waals surface area contributed by atoms with Crippen molar-refractivity contribution in [1.29, 1.82) is 0 Å². The van der Waals surface area contributed by atoms with Gasteiger partial charge in [0.1, 0.15) is 4.32 Å². The average Bonchev–Trinajstić information content (AvgIpc) is 3.15. The van der Waals surface area contributed by atoms with Gasteiger partial charge in [-0.2, -0.15) is 0 Å². The number of rotatable bonds is 6. The topological polar surface area (TPSA) is 62.5 Å². The highest BCUT2D eigenvalue weighted by Crippen LogP contribution is 2.33. The summed E-state index contributed by atoms with van der Waals surface area (Å²) < 4.78 is 3.63. The van der Waals surface area contributed by atoms with Crippen molar-refractivity contribution >= 4 is 68.8 Å². The standard InChI is InChI=1S/C18H15IN2O3S2/c19-12-5-7-13(8-6-12)20-9-1-3-14(20)11-15-17(24)21(18(25)26-15)10-2-4-16(22)23/h1,3,5-9,11H,2,4,10H2,(H,22,23). The summed E-state index contributed by atoms with van der Waals surface area (Å²) in [6, 6.07) is 12.0. The molecular formula is C18H15IN2O3S2. The molecule has 0 unspecified atom stereocenters. The maximum Gasteiger partial charge on any atom is 0.303 e. The Morgan fingerprint density at radius 3 is 2.69 bits per heavy atom. The van der Waals surface area contributed by atoms with E-state index in [9.17, 15) is 9.59 Å². The van der Waals surface area contributed by atoms with E-state index in [1.165, 1.54) is 16.7 Å². The number of halogens is 1. The van der Waals surface area contributed by atoms with E-state index in [1.54, 1.807) is 0 Å². The predicted octanol–water partition coefficient (Wildman–Crippen LogP) is 4.15. The molecule has 26 heavy (non-hydrogen) atoms. The summed E-state index contributed by atoms with van der Waals surface area (Å²) in [6.45, 7) is 0.326. The Hall–Kier alpha value is -1.65. The van der Waals surface area contributed by atoms with Crippen LogP contribution in [-0.4, -0.2) is 37.3 Å². The lowest BCUT2D eigenvalue weighted by Gasteiger charge is -2.13. The SMILES string of the molecule is O=C(O)CCCN1C(=O)C(=Cc2cccn2-c2ccc(I)cc2)SC1=S. The molecule has 1 N–H and O–H groups in total. The molecule has 3 rings (SSSR count). The summed E-state index contributed by atoms with van der Waals surface area (Å²) in [5.41, 5.74) is 1.90. The molecule has 1 fully saturated rings. The number of benzene rings is 1. The molecule has 0 aliphatic carbocycles. The zero-order chi connectivity index (χ0) is 18.7. The van der Waals surface area contributed by atoms with Crippen LogP contribution in [0.4, 0.5) is 0 Å². The minimum Gasteiger partial charge on any atom is -0.481 e. The fourth-order valence-electron chi connectivity index (χ4n) is 2.56. The third-order valence-electron chi connectivity index (χ3n) is 3.81. The van der Waals surface area contributed by atoms with Crippen molar-refractivity contribution < 1.29 is 14.7 Å². The number of thioether (sulfide) groups is 1. The molecule has 0 atom stereocenters. The third kappa shape index (κ3) is 4.36. The van der Waals surface area contributed by atoms with Crippen molar-refractivity contribution in [2.24, 2.45) is 0 Å². The molecule has 1 amide bonds. The van der Waals surface area contributed by atoms with E-state index >= 15 is 0 Å². The van der Waals surface area contributed by atoms with Crippen molar-refractivity contribution in [2.75, 3.05) is 6.54 Å². The van der Waals surface area contributed by atoms with E-state index in [1.807, 2.05) is 53.2 Å². The average molecular weight is 498 g/mol. The first kappa shape index (κ1) is 19.1. The summed E-state index contributed by atoms with van der Waals surface area (Å²) in [5, 5.41) is 8.74. The quantitative estimate of drug-likeness (QED) is 0.369. The van der Waals surface area contributed by atoms with Crippen molar-refractivity contribution in [3.05, 3.63) is 56.8 Å². The first-order valence-corrected chi connectivity index (χ1v) is 10.2. The first-order valence-electron chi connectivity index (χ1n) is 7.86. The Balaban J connectivity index is 1.80. The molecule has 5 nitrogen and oxygen atoms in total. The van der Waals surface area contributed by atoms with Gasteiger partial charge in [0.2, 0.25) is 0 Å². The van der Waals surface area contributed by atoms with Gasteiger partial charge in [0.25, 0.3) is 5.91 Å². The smallest absolute Gasteiger partial charge is 0.303 e. The lowest BCUT2D eigenvalue weighted by atomic mass is 10.2. The van der Waals surface area contributed by atoms with Gasteiger partial charge >= 0.3 is 5.97 Å². The zero-order valence-electron chi connectivity index (χ0n) is 13.6. The first-order chi connectivity index (χ1) is 12.5. The number of hydrogen-bond donors (Lipinski definition) is 1. The number of aliphatic carboxylic acids is 1. The summed E-state index contributed by atoms with van der Waals surface area (Å²) in [5.74, 6) is -1.04. The lowest BCUT2D eigenvalue weighted by molar-refractivity contribution is -0.137. The monoisotopic (exact) mass is 498 g/mol. The maximum absolute atomic E-state index is 12.6. The summed E-state index contributed by atoms with van der Waals surface area (Å²) in [7, 11) is 0. The molecule has 0 saturated carbocycles. The Morgan fingerprint density at radius 1 is 1.27 bits per heavy atom. The van der Waals surface area contributed by atoms with Gasteiger partial charge in [-0.1, -0.05) is 24.0 Å². The second kappa shape index (κ2) is 8.36. The molecular weight excluding hydrogens is 483 g/mol. The lowest BCUT2D eigenvalue weighted by Crippen LogP contribution is -2.29. The Bertz CT molecular complexity index is 890. The number of hydrogen-bond acceptors (Lipinski definition) is 4. The predicted molar refractivity (Wildman–Crippen MR) is 115 cm³/mol. The van der Waals surface area contributed by atoms with Gasteiger partial charge < -0.3 is 9.67 Å². The highest BCUT2D eigenvalue weighted by molar-refractivity contribution is 14.1. The third-order valence-corrected chi connectivity index (χ3v) is 5.91. The molecule has 2 aromatic rings. The van der Waals surface area contributed by atoms with Crippen LogP contribution in [0.1, 0.15) is 18.5 Å². The molecule has 1 aromatic heterocycles. The molecule has 1 aliphatic rings. The van der Waals surface area contributed by atoms with Crippen LogP contribution in [-0.2, 0) is 9.59 Å². The van der Waals surface area contributed by atoms with Crippen LogP contribution in [0.25, 0.3) is 11.8 Å². The van der Waals surface area contributed by atoms with Crippen LogP contribution in [0.5, 0.6) is 0 Å². The van der Waals surface area contributed by atoms with E-state index in [0.29, 0.717) is 22.2 Å². The van der Waals surface area contributed by atoms with Crippen LogP contribution in [0, 0.1) is 3.57 Å². The summed E-state index contributed by atoms with van der Waals surface area (Å²) in [6.07, 6.45) is 4.18. The minimum atomic E-state index is -0.874. The molecule has 8 heteroatoms. The van der Waals surface area contributed by atoms with Crippen LogP contribution < -0.4 is 0 Å². The zero-order valence-corrected chi connectivity index (χ0v) is 17.4. The molecule has 0 spiro atoms. The fourth-order valence-corrected chi connectivity index (χ4v) is 4.22. The summed E-state index contributed by atoms with van der Waals surface area (Å²) >= 11 is 8.79. The van der Waals surface area contributed by atoms with Crippen LogP contribution >= 0.6 is 46.6 Å². The van der Waals surface area contributed by atoms with E-state index in [0.717, 1.165) is 15.0 Å². The van der Waals surface area contributed by atoms with Crippen molar-refractivity contribution in [1.82, 2.24) is 9.47 Å². The van der Waals surface area contributed by atoms with Crippen molar-refractivity contribution in [3.63, 3.8) is 0 Å². The highest BCUT2D eigenvalue weighted by atomic mass is 127. The van der Waals surface area contributed by atoms with E-state index in [2.05, 4.69) is 22.6 Å². The number of carboxylic acid groups (broad SMARTS) is 1. The minimum absolute atomic E-state index is 0.0196. The Labute approximate surface area is 174 Å². The van der Waals surface area contributed by atoms with E-state index < -0.39 is 5.97 Å². The second-order valence-electron chi connectivity index (χ2n) is 5.61. The number of carboxylic acids is 1. The number of carbonyl (C=O) groups excluding carboxylic acids is 1. The Kier molecular flexibility index (Phi) is 6.15. The second-order valence-corrected chi connectivity index (χ2v) is 8.53. The van der Waals surface area contributed by atoms with Crippen molar-refractivity contribution in [2.45, 2.75) is 12.8 Å². The van der Waals surface area contributed by atoms with Gasteiger partial charge in [-0.3, -0.25) is 14.5 Å². The largest absolute Gasteiger partial charge is 0.481 e. The molecule has 1 aromatic carbocycles. The summed E-state index contributed by atoms with van der Waals surface area (Å²) in [4.78, 5) is 25.3. The van der Waals surface area contributed by atoms with Gasteiger partial charge in [0.05, 0.1) is 4.91 Å². The molecule has 1 aliphatic heterocycles. The van der Waals surface area contributed by atoms with Gasteiger partial charge in [-0.15, -0.1) is 0 Å². The van der Waals surface area contributed by atoms with Crippen LogP contribution in [0.2, 0.25) is 0 Å². The van der Waals surface area contributed by atoms with Gasteiger partial charge in [0, 0.05) is 34.1 Å². The normalized spacial score (nSPS) is 15.9. The Morgan fingerprint density at radius 2 is 2.00 bits per heavy atom. The fraction of sp³-hybridized carbons (Fsp3) is 0.167. The molecule has 1 saturated heterocycles. The van der Waals surface area contributed by atoms with E-state index in [-0.39, 0.29) is 12.3 Å². The highest BCUT2D eigenvalue weighted by Gasteiger charge is 2.31. The number of aromatic nitrogens is 1.